The normalized spacial score (nSPS) is 19.1. The highest BCUT2D eigenvalue weighted by molar-refractivity contribution is 6.30. The van der Waals surface area contributed by atoms with Crippen molar-refractivity contribution in [3.63, 3.8) is 0 Å². The van der Waals surface area contributed by atoms with E-state index in [2.05, 4.69) is 12.1 Å². The van der Waals surface area contributed by atoms with Gasteiger partial charge in [-0.3, -0.25) is 0 Å². The number of aliphatic hydroxyl groups excluding tert-OH is 1. The summed E-state index contributed by atoms with van der Waals surface area (Å²) in [7, 11) is 0. The molecule has 3 heteroatoms. The van der Waals surface area contributed by atoms with Crippen LogP contribution in [-0.4, -0.2) is 11.2 Å². The van der Waals surface area contributed by atoms with Gasteiger partial charge in [0.25, 0.3) is 0 Å². The summed E-state index contributed by atoms with van der Waals surface area (Å²) < 4.78 is 13.2. The summed E-state index contributed by atoms with van der Waals surface area (Å²) in [5, 5.41) is 10.7. The lowest BCUT2D eigenvalue weighted by Crippen LogP contribution is -2.25. The molecule has 1 aliphatic rings. The first kappa shape index (κ1) is 14.6. The molecule has 1 nitrogen and oxygen atoms in total. The van der Waals surface area contributed by atoms with Crippen molar-refractivity contribution >= 4 is 11.6 Å². The zero-order valence-corrected chi connectivity index (χ0v) is 12.5. The highest BCUT2D eigenvalue weighted by atomic mass is 35.5. The fourth-order valence-electron chi connectivity index (χ4n) is 3.24. The Morgan fingerprint density at radius 1 is 1.24 bits per heavy atom. The number of hydrogen-bond donors (Lipinski definition) is 1. The number of fused-ring (bicyclic) bond motifs is 1. The molecule has 0 saturated heterocycles. The van der Waals surface area contributed by atoms with E-state index in [0.29, 0.717) is 6.42 Å². The third kappa shape index (κ3) is 3.12. The van der Waals surface area contributed by atoms with E-state index in [1.807, 2.05) is 12.1 Å². The van der Waals surface area contributed by atoms with Crippen molar-refractivity contribution in [1.82, 2.24) is 0 Å². The maximum atomic E-state index is 13.2. The third-order valence-corrected chi connectivity index (χ3v) is 4.60. The number of benzene rings is 2. The minimum absolute atomic E-state index is 0.115. The Kier molecular flexibility index (Phi) is 4.27. The molecule has 0 fully saturated rings. The lowest BCUT2D eigenvalue weighted by atomic mass is 9.78. The molecule has 110 valence electrons. The van der Waals surface area contributed by atoms with Gasteiger partial charge in [-0.15, -0.1) is 0 Å². The van der Waals surface area contributed by atoms with E-state index in [1.54, 1.807) is 12.1 Å². The summed E-state index contributed by atoms with van der Waals surface area (Å²) in [5.74, 6) is -0.267. The maximum Gasteiger partial charge on any atom is 0.141 e. The summed E-state index contributed by atoms with van der Waals surface area (Å²) in [6, 6.07) is 13.0. The van der Waals surface area contributed by atoms with Gasteiger partial charge in [-0.1, -0.05) is 41.9 Å². The molecule has 0 bridgehead atoms. The van der Waals surface area contributed by atoms with Gasteiger partial charge in [0.15, 0.2) is 0 Å². The number of aliphatic hydroxyl groups is 1. The number of halogens is 2. The average molecular weight is 305 g/mol. The van der Waals surface area contributed by atoms with Gasteiger partial charge in [0, 0.05) is 5.92 Å². The number of aryl methyl sites for hydroxylation is 1. The summed E-state index contributed by atoms with van der Waals surface area (Å²) in [4.78, 5) is 0. The van der Waals surface area contributed by atoms with Crippen molar-refractivity contribution < 1.29 is 9.50 Å². The third-order valence-electron chi connectivity index (χ3n) is 4.31. The highest BCUT2D eigenvalue weighted by Gasteiger charge is 2.26. The second-order valence-electron chi connectivity index (χ2n) is 5.72. The van der Waals surface area contributed by atoms with Crippen molar-refractivity contribution in [3.8, 4) is 0 Å². The van der Waals surface area contributed by atoms with Crippen molar-refractivity contribution in [1.29, 1.82) is 0 Å². The fraction of sp³-hybridized carbons (Fsp3) is 0.333. The van der Waals surface area contributed by atoms with E-state index in [4.69, 9.17) is 11.6 Å². The molecule has 0 spiro atoms. The Hall–Kier alpha value is -1.38. The monoisotopic (exact) mass is 304 g/mol. The zero-order chi connectivity index (χ0) is 14.8. The molecule has 0 aliphatic heterocycles. The molecule has 21 heavy (non-hydrogen) atoms. The largest absolute Gasteiger partial charge is 0.392 e. The number of hydrogen-bond acceptors (Lipinski definition) is 1. The standard InChI is InChI=1S/C18H18ClFO/c19-16-10-12(8-9-17(16)20)11-18(21)15-7-3-5-13-4-1-2-6-14(13)15/h1-2,4,6,8-10,15,18,21H,3,5,7,11H2. The van der Waals surface area contributed by atoms with Crippen LogP contribution in [0.1, 0.15) is 35.4 Å². The van der Waals surface area contributed by atoms with Gasteiger partial charge in [-0.25, -0.2) is 4.39 Å². The van der Waals surface area contributed by atoms with Crippen molar-refractivity contribution in [2.75, 3.05) is 0 Å². The first-order valence-corrected chi connectivity index (χ1v) is 7.73. The Labute approximate surface area is 129 Å². The van der Waals surface area contributed by atoms with Gasteiger partial charge in [0.2, 0.25) is 0 Å². The second-order valence-corrected chi connectivity index (χ2v) is 6.12. The summed E-state index contributed by atoms with van der Waals surface area (Å²) in [5.41, 5.74) is 3.46. The molecule has 0 radical (unpaired) electrons. The topological polar surface area (TPSA) is 20.2 Å². The molecular weight excluding hydrogens is 287 g/mol. The smallest absolute Gasteiger partial charge is 0.141 e. The summed E-state index contributed by atoms with van der Waals surface area (Å²) in [6.45, 7) is 0. The lowest BCUT2D eigenvalue weighted by molar-refractivity contribution is 0.134. The molecule has 2 aromatic rings. The van der Waals surface area contributed by atoms with Crippen LogP contribution >= 0.6 is 11.6 Å². The van der Waals surface area contributed by atoms with Gasteiger partial charge in [-0.05, 0) is 54.5 Å². The van der Waals surface area contributed by atoms with Crippen LogP contribution in [0, 0.1) is 5.82 Å². The minimum atomic E-state index is -0.465. The van der Waals surface area contributed by atoms with Crippen LogP contribution < -0.4 is 0 Å². The van der Waals surface area contributed by atoms with Crippen LogP contribution in [0.5, 0.6) is 0 Å². The minimum Gasteiger partial charge on any atom is -0.392 e. The molecule has 0 saturated carbocycles. The Bertz CT molecular complexity index is 641. The summed E-state index contributed by atoms with van der Waals surface area (Å²) in [6.07, 6.45) is 3.21. The Balaban J connectivity index is 1.80. The van der Waals surface area contributed by atoms with E-state index >= 15 is 0 Å². The molecule has 2 aromatic carbocycles. The van der Waals surface area contributed by atoms with Crippen LogP contribution in [-0.2, 0) is 12.8 Å². The molecular formula is C18H18ClFO. The highest BCUT2D eigenvalue weighted by Crippen LogP contribution is 2.35. The van der Waals surface area contributed by atoms with Crippen LogP contribution in [0.3, 0.4) is 0 Å². The first-order chi connectivity index (χ1) is 10.1. The SMILES string of the molecule is OC(Cc1ccc(F)c(Cl)c1)C1CCCc2ccccc21. The van der Waals surface area contributed by atoms with Gasteiger partial charge in [0.05, 0.1) is 11.1 Å². The predicted octanol–water partition coefficient (Wildman–Crippen LogP) is 4.50. The van der Waals surface area contributed by atoms with Crippen LogP contribution in [0.25, 0.3) is 0 Å². The average Bonchev–Trinajstić information content (AvgIpc) is 2.50. The van der Waals surface area contributed by atoms with E-state index in [-0.39, 0.29) is 10.9 Å². The van der Waals surface area contributed by atoms with E-state index in [1.165, 1.54) is 17.2 Å². The van der Waals surface area contributed by atoms with Crippen LogP contribution in [0.2, 0.25) is 5.02 Å². The molecule has 2 atom stereocenters. The molecule has 3 rings (SSSR count). The second kappa shape index (κ2) is 6.17. The quantitative estimate of drug-likeness (QED) is 0.885. The number of rotatable bonds is 3. The molecule has 1 N–H and O–H groups in total. The Morgan fingerprint density at radius 3 is 2.86 bits per heavy atom. The Morgan fingerprint density at radius 2 is 2.05 bits per heavy atom. The van der Waals surface area contributed by atoms with Crippen LogP contribution in [0.15, 0.2) is 42.5 Å². The van der Waals surface area contributed by atoms with E-state index < -0.39 is 11.9 Å². The predicted molar refractivity (Wildman–Crippen MR) is 83.2 cm³/mol. The van der Waals surface area contributed by atoms with Crippen LogP contribution in [0.4, 0.5) is 4.39 Å². The maximum absolute atomic E-state index is 13.2. The molecule has 0 aromatic heterocycles. The zero-order valence-electron chi connectivity index (χ0n) is 11.7. The molecule has 0 heterocycles. The van der Waals surface area contributed by atoms with Gasteiger partial charge in [0.1, 0.15) is 5.82 Å². The van der Waals surface area contributed by atoms with Gasteiger partial charge >= 0.3 is 0 Å². The summed E-state index contributed by atoms with van der Waals surface area (Å²) >= 11 is 5.81. The van der Waals surface area contributed by atoms with Crippen molar-refractivity contribution in [2.24, 2.45) is 0 Å². The van der Waals surface area contributed by atoms with Crippen molar-refractivity contribution in [3.05, 3.63) is 70.0 Å². The lowest BCUT2D eigenvalue weighted by Gasteiger charge is -2.29. The molecule has 0 amide bonds. The first-order valence-electron chi connectivity index (χ1n) is 7.35. The van der Waals surface area contributed by atoms with Gasteiger partial charge in [-0.2, -0.15) is 0 Å². The molecule has 1 aliphatic carbocycles. The fourth-order valence-corrected chi connectivity index (χ4v) is 3.44. The van der Waals surface area contributed by atoms with E-state index in [9.17, 15) is 9.50 Å². The van der Waals surface area contributed by atoms with Gasteiger partial charge < -0.3 is 5.11 Å². The molecule has 2 unspecified atom stereocenters. The van der Waals surface area contributed by atoms with E-state index in [0.717, 1.165) is 24.8 Å². The van der Waals surface area contributed by atoms with Crippen molar-refractivity contribution in [2.45, 2.75) is 37.7 Å².